The van der Waals surface area contributed by atoms with Crippen LogP contribution in [0.1, 0.15) is 21.9 Å². The molecule has 24 heavy (non-hydrogen) atoms. The second-order valence-corrected chi connectivity index (χ2v) is 7.75. The molecule has 2 aromatic carbocycles. The molecule has 0 N–H and O–H groups in total. The van der Waals surface area contributed by atoms with Gasteiger partial charge >= 0.3 is 0 Å². The molecule has 0 aliphatic rings. The maximum absolute atomic E-state index is 6.44. The second kappa shape index (κ2) is 8.11. The lowest BCUT2D eigenvalue weighted by molar-refractivity contribution is 0.683. The fourth-order valence-electron chi connectivity index (χ4n) is 2.47. The minimum atomic E-state index is 0.227. The third kappa shape index (κ3) is 4.56. The quantitative estimate of drug-likeness (QED) is 0.511. The molecule has 2 nitrogen and oxygen atoms in total. The Morgan fingerprint density at radius 2 is 1.92 bits per heavy atom. The molecule has 3 aromatic rings. The summed E-state index contributed by atoms with van der Waals surface area (Å²) in [5, 5.41) is 1.60. The molecule has 0 spiro atoms. The number of aromatic nitrogens is 2. The maximum Gasteiger partial charge on any atom is 0.0946 e. The molecule has 1 heterocycles. The Morgan fingerprint density at radius 3 is 2.58 bits per heavy atom. The van der Waals surface area contributed by atoms with E-state index in [2.05, 4.69) is 40.7 Å². The van der Waals surface area contributed by atoms with Crippen molar-refractivity contribution in [2.75, 3.05) is 0 Å². The number of hydrogen-bond donors (Lipinski definition) is 0. The Balaban J connectivity index is 1.80. The van der Waals surface area contributed by atoms with Crippen molar-refractivity contribution in [3.8, 4) is 0 Å². The Morgan fingerprint density at radius 1 is 1.12 bits per heavy atom. The van der Waals surface area contributed by atoms with Gasteiger partial charge in [0.15, 0.2) is 0 Å². The Hall–Kier alpha value is -1.42. The molecule has 5 heteroatoms. The fraction of sp³-hybridized carbons (Fsp3) is 0.211. The van der Waals surface area contributed by atoms with Gasteiger partial charge in [-0.3, -0.25) is 0 Å². The summed E-state index contributed by atoms with van der Waals surface area (Å²) in [5.41, 5.74) is 3.69. The Kier molecular flexibility index (Phi) is 5.88. The monoisotopic (exact) mass is 376 g/mol. The summed E-state index contributed by atoms with van der Waals surface area (Å²) in [7, 11) is 0. The molecule has 0 amide bonds. The van der Waals surface area contributed by atoms with Crippen molar-refractivity contribution in [1.82, 2.24) is 9.55 Å². The summed E-state index contributed by atoms with van der Waals surface area (Å²) < 4.78 is 2.08. The van der Waals surface area contributed by atoms with Gasteiger partial charge in [0.25, 0.3) is 0 Å². The lowest BCUT2D eigenvalue weighted by Gasteiger charge is -2.19. The lowest BCUT2D eigenvalue weighted by atomic mass is 10.1. The Labute approximate surface area is 156 Å². The van der Waals surface area contributed by atoms with Crippen LogP contribution < -0.4 is 0 Å². The van der Waals surface area contributed by atoms with Gasteiger partial charge in [0, 0.05) is 40.0 Å². The standard InChI is InChI=1S/C19H18Cl2N2S/c1-14-2-4-15(5-3-14)12-24-19(11-23-9-8-22-13-23)17-7-6-16(20)10-18(17)21/h2-10,13,19H,11-12H2,1H3. The molecule has 124 valence electrons. The largest absolute Gasteiger partial charge is 0.336 e. The van der Waals surface area contributed by atoms with Crippen molar-refractivity contribution in [2.24, 2.45) is 0 Å². The van der Waals surface area contributed by atoms with Crippen LogP contribution in [0.3, 0.4) is 0 Å². The summed E-state index contributed by atoms with van der Waals surface area (Å²) in [6.45, 7) is 2.92. The normalized spacial score (nSPS) is 12.3. The van der Waals surface area contributed by atoms with E-state index in [1.807, 2.05) is 42.5 Å². The molecule has 1 atom stereocenters. The lowest BCUT2D eigenvalue weighted by Crippen LogP contribution is -2.06. The number of rotatable bonds is 6. The van der Waals surface area contributed by atoms with Gasteiger partial charge in [-0.25, -0.2) is 4.98 Å². The summed E-state index contributed by atoms with van der Waals surface area (Å²) in [6.07, 6.45) is 5.61. The zero-order chi connectivity index (χ0) is 16.9. The van der Waals surface area contributed by atoms with Crippen LogP contribution in [0.2, 0.25) is 10.0 Å². The smallest absolute Gasteiger partial charge is 0.0946 e. The molecule has 3 rings (SSSR count). The first-order valence-electron chi connectivity index (χ1n) is 7.69. The minimum Gasteiger partial charge on any atom is -0.336 e. The highest BCUT2D eigenvalue weighted by atomic mass is 35.5. The molecular weight excluding hydrogens is 359 g/mol. The number of aryl methyl sites for hydroxylation is 1. The summed E-state index contributed by atoms with van der Waals surface area (Å²) in [4.78, 5) is 4.13. The highest BCUT2D eigenvalue weighted by Gasteiger charge is 2.16. The van der Waals surface area contributed by atoms with Crippen LogP contribution >= 0.6 is 35.0 Å². The molecule has 0 fully saturated rings. The van der Waals surface area contributed by atoms with E-state index in [-0.39, 0.29) is 5.25 Å². The number of nitrogens with zero attached hydrogens (tertiary/aromatic N) is 2. The first kappa shape index (κ1) is 17.4. The molecular formula is C19H18Cl2N2S. The van der Waals surface area contributed by atoms with E-state index in [9.17, 15) is 0 Å². The van der Waals surface area contributed by atoms with Crippen LogP contribution in [0, 0.1) is 6.92 Å². The van der Waals surface area contributed by atoms with E-state index >= 15 is 0 Å². The van der Waals surface area contributed by atoms with Gasteiger partial charge in [-0.15, -0.1) is 11.8 Å². The van der Waals surface area contributed by atoms with Crippen molar-refractivity contribution < 1.29 is 0 Å². The zero-order valence-corrected chi connectivity index (χ0v) is 15.7. The third-order valence-electron chi connectivity index (χ3n) is 3.82. The molecule has 0 aliphatic heterocycles. The van der Waals surface area contributed by atoms with Gasteiger partial charge in [-0.1, -0.05) is 59.1 Å². The average Bonchev–Trinajstić information content (AvgIpc) is 3.06. The molecule has 0 saturated heterocycles. The van der Waals surface area contributed by atoms with Crippen LogP contribution in [0.5, 0.6) is 0 Å². The van der Waals surface area contributed by atoms with E-state index in [4.69, 9.17) is 23.2 Å². The van der Waals surface area contributed by atoms with Crippen molar-refractivity contribution in [3.63, 3.8) is 0 Å². The maximum atomic E-state index is 6.44. The SMILES string of the molecule is Cc1ccc(CSC(Cn2ccnc2)c2ccc(Cl)cc2Cl)cc1. The van der Waals surface area contributed by atoms with E-state index in [1.165, 1.54) is 11.1 Å². The first-order chi connectivity index (χ1) is 11.6. The third-order valence-corrected chi connectivity index (χ3v) is 5.68. The molecule has 1 unspecified atom stereocenters. The predicted molar refractivity (Wildman–Crippen MR) is 104 cm³/mol. The number of thioether (sulfide) groups is 1. The van der Waals surface area contributed by atoms with Gasteiger partial charge in [-0.2, -0.15) is 0 Å². The van der Waals surface area contributed by atoms with Gasteiger partial charge in [0.05, 0.1) is 6.33 Å². The zero-order valence-electron chi connectivity index (χ0n) is 13.3. The predicted octanol–water partition coefficient (Wildman–Crippen LogP) is 6.17. The van der Waals surface area contributed by atoms with Gasteiger partial charge in [-0.05, 0) is 30.2 Å². The summed E-state index contributed by atoms with van der Waals surface area (Å²) in [6, 6.07) is 14.4. The summed E-state index contributed by atoms with van der Waals surface area (Å²) >= 11 is 14.4. The number of hydrogen-bond acceptors (Lipinski definition) is 2. The van der Waals surface area contributed by atoms with Gasteiger partial charge < -0.3 is 4.57 Å². The van der Waals surface area contributed by atoms with Crippen LogP contribution in [-0.4, -0.2) is 9.55 Å². The molecule has 0 aliphatic carbocycles. The van der Waals surface area contributed by atoms with Crippen molar-refractivity contribution in [3.05, 3.63) is 87.9 Å². The highest BCUT2D eigenvalue weighted by molar-refractivity contribution is 7.98. The Bertz CT molecular complexity index is 786. The van der Waals surface area contributed by atoms with Crippen molar-refractivity contribution in [2.45, 2.75) is 24.5 Å². The van der Waals surface area contributed by atoms with Crippen LogP contribution in [0.4, 0.5) is 0 Å². The fourth-order valence-corrected chi connectivity index (χ4v) is 4.32. The molecule has 0 bridgehead atoms. The van der Waals surface area contributed by atoms with Gasteiger partial charge in [0.1, 0.15) is 0 Å². The van der Waals surface area contributed by atoms with E-state index in [0.717, 1.165) is 17.9 Å². The van der Waals surface area contributed by atoms with Crippen LogP contribution in [0.25, 0.3) is 0 Å². The minimum absolute atomic E-state index is 0.227. The van der Waals surface area contributed by atoms with E-state index < -0.39 is 0 Å². The average molecular weight is 377 g/mol. The molecule has 0 radical (unpaired) electrons. The second-order valence-electron chi connectivity index (χ2n) is 5.71. The number of imidazole rings is 1. The van der Waals surface area contributed by atoms with E-state index in [1.54, 1.807) is 6.20 Å². The number of halogens is 2. The molecule has 1 aromatic heterocycles. The van der Waals surface area contributed by atoms with Crippen molar-refractivity contribution in [1.29, 1.82) is 0 Å². The molecule has 0 saturated carbocycles. The van der Waals surface area contributed by atoms with E-state index in [0.29, 0.717) is 10.0 Å². The highest BCUT2D eigenvalue weighted by Crippen LogP contribution is 2.37. The van der Waals surface area contributed by atoms with Gasteiger partial charge in [0.2, 0.25) is 0 Å². The van der Waals surface area contributed by atoms with Crippen LogP contribution in [-0.2, 0) is 12.3 Å². The summed E-state index contributed by atoms with van der Waals surface area (Å²) in [5.74, 6) is 0.929. The topological polar surface area (TPSA) is 17.8 Å². The number of benzene rings is 2. The first-order valence-corrected chi connectivity index (χ1v) is 9.50. The van der Waals surface area contributed by atoms with Crippen molar-refractivity contribution >= 4 is 35.0 Å². The van der Waals surface area contributed by atoms with Crippen LogP contribution in [0.15, 0.2) is 61.2 Å².